The molecule has 2 unspecified atom stereocenters. The predicted octanol–water partition coefficient (Wildman–Crippen LogP) is 2.97. The number of quaternary nitrogens is 1. The molecule has 10 heteroatoms. The van der Waals surface area contributed by atoms with E-state index in [0.717, 1.165) is 79.8 Å². The Balaban J connectivity index is 0.00000336. The van der Waals surface area contributed by atoms with Gasteiger partial charge in [-0.25, -0.2) is 9.37 Å². The van der Waals surface area contributed by atoms with E-state index in [9.17, 15) is 14.0 Å². The Labute approximate surface area is 257 Å². The summed E-state index contributed by atoms with van der Waals surface area (Å²) >= 11 is 4.77. The Kier molecular flexibility index (Phi) is 9.95. The zero-order valence-electron chi connectivity index (χ0n) is 21.2. The maximum atomic E-state index is 14.2. The van der Waals surface area contributed by atoms with Gasteiger partial charge < -0.3 is 26.9 Å². The molecule has 2 bridgehead atoms. The number of rotatable bonds is 6. The van der Waals surface area contributed by atoms with Gasteiger partial charge in [0, 0.05) is 22.3 Å². The van der Waals surface area contributed by atoms with Crippen molar-refractivity contribution in [3.63, 3.8) is 0 Å². The molecule has 206 valence electrons. The monoisotopic (exact) mass is 767 g/mol. The lowest BCUT2D eigenvalue weighted by Gasteiger charge is -2.55. The lowest BCUT2D eigenvalue weighted by atomic mass is 9.74. The Hall–Kier alpha value is -1.05. The molecule has 1 aromatic heterocycles. The molecule has 4 heterocycles. The highest BCUT2D eigenvalue weighted by atomic mass is 127. The van der Waals surface area contributed by atoms with Crippen LogP contribution < -0.4 is 17.7 Å². The summed E-state index contributed by atoms with van der Waals surface area (Å²) in [6, 6.07) is 11.0. The van der Waals surface area contributed by atoms with Crippen molar-refractivity contribution in [1.82, 2.24) is 4.98 Å². The van der Waals surface area contributed by atoms with Gasteiger partial charge >= 0.3 is 5.97 Å². The minimum Gasteiger partial charge on any atom is -1.00 e. The molecule has 3 aliphatic heterocycles. The molecule has 38 heavy (non-hydrogen) atoms. The van der Waals surface area contributed by atoms with E-state index >= 15 is 0 Å². The molecule has 1 N–H and O–H groups in total. The second-order valence-electron chi connectivity index (χ2n) is 10.8. The molecule has 3 saturated heterocycles. The molecule has 2 atom stereocenters. The Morgan fingerprint density at radius 2 is 1.76 bits per heavy atom. The van der Waals surface area contributed by atoms with E-state index < -0.39 is 11.2 Å². The number of nitrogens with zero attached hydrogens (tertiary/aromatic N) is 2. The van der Waals surface area contributed by atoms with E-state index in [1.807, 2.05) is 12.1 Å². The van der Waals surface area contributed by atoms with E-state index in [1.54, 1.807) is 0 Å². The average Bonchev–Trinajstić information content (AvgIpc) is 3.15. The van der Waals surface area contributed by atoms with E-state index in [-0.39, 0.29) is 41.0 Å². The van der Waals surface area contributed by atoms with Crippen molar-refractivity contribution in [2.75, 3.05) is 25.0 Å². The van der Waals surface area contributed by atoms with Gasteiger partial charge in [-0.05, 0) is 81.8 Å². The highest BCUT2D eigenvalue weighted by Crippen LogP contribution is 2.46. The molecule has 6 rings (SSSR count). The number of carbonyl (C=O) groups is 2. The first-order valence-electron chi connectivity index (χ1n) is 13.2. The number of aromatic nitrogens is 1. The van der Waals surface area contributed by atoms with Crippen molar-refractivity contribution in [3.05, 3.63) is 57.5 Å². The number of halogens is 4. The van der Waals surface area contributed by atoms with Crippen LogP contribution >= 0.6 is 45.2 Å². The second-order valence-corrected chi connectivity index (χ2v) is 13.2. The Bertz CT molecular complexity index is 1140. The van der Waals surface area contributed by atoms with Crippen molar-refractivity contribution in [3.8, 4) is 0 Å². The highest BCUT2D eigenvalue weighted by Gasteiger charge is 2.56. The average molecular weight is 768 g/mol. The number of hydrogen-bond acceptors (Lipinski definition) is 4. The van der Waals surface area contributed by atoms with E-state index in [0.29, 0.717) is 16.2 Å². The van der Waals surface area contributed by atoms with Crippen LogP contribution in [0.2, 0.25) is 0 Å². The number of benzene rings is 1. The van der Waals surface area contributed by atoms with Gasteiger partial charge in [0.25, 0.3) is 5.91 Å². The quantitative estimate of drug-likeness (QED) is 0.123. The normalized spacial score (nSPS) is 28.0. The number of ether oxygens (including phenoxy) is 1. The Morgan fingerprint density at radius 1 is 1.08 bits per heavy atom. The smallest absolute Gasteiger partial charge is 0.317 e. The number of fused-ring (bicyclic) bond motifs is 3. The number of hydrogen-bond donors (Lipinski definition) is 1. The maximum Gasteiger partial charge on any atom is 0.317 e. The fourth-order valence-corrected chi connectivity index (χ4v) is 8.92. The molecule has 6 nitrogen and oxygen atoms in total. The van der Waals surface area contributed by atoms with Crippen LogP contribution in [0.15, 0.2) is 42.6 Å². The Morgan fingerprint density at radius 3 is 2.39 bits per heavy atom. The molecule has 1 aromatic carbocycles. The van der Waals surface area contributed by atoms with Crippen molar-refractivity contribution in [2.24, 2.45) is 5.92 Å². The molecule has 1 aliphatic carbocycles. The van der Waals surface area contributed by atoms with Gasteiger partial charge in [0.05, 0.1) is 24.7 Å². The first-order chi connectivity index (χ1) is 17.8. The molecule has 0 radical (unpaired) electrons. The van der Waals surface area contributed by atoms with Crippen molar-refractivity contribution < 1.29 is 35.6 Å². The van der Waals surface area contributed by atoms with Gasteiger partial charge in [0.15, 0.2) is 16.7 Å². The summed E-state index contributed by atoms with van der Waals surface area (Å²) in [7, 11) is 0. The molecule has 4 aliphatic rings. The molecule has 0 spiro atoms. The van der Waals surface area contributed by atoms with Crippen LogP contribution in [0.25, 0.3) is 0 Å². The largest absolute Gasteiger partial charge is 1.00 e. The van der Waals surface area contributed by atoms with E-state index in [4.69, 9.17) is 4.74 Å². The number of carbonyl (C=O) groups excluding carboxylic acids is 2. The van der Waals surface area contributed by atoms with Crippen LogP contribution in [0.1, 0.15) is 56.9 Å². The number of piperidine rings is 3. The van der Waals surface area contributed by atoms with Gasteiger partial charge in [0.1, 0.15) is 11.6 Å². The summed E-state index contributed by atoms with van der Waals surface area (Å²) in [4.78, 5) is 31.1. The van der Waals surface area contributed by atoms with Crippen molar-refractivity contribution in [2.45, 2.75) is 66.9 Å². The zero-order chi connectivity index (χ0) is 26.0. The molecule has 4 fully saturated rings. The molecular weight excluding hydrogens is 735 g/mol. The summed E-state index contributed by atoms with van der Waals surface area (Å²) in [6.45, 7) is 2.06. The predicted molar refractivity (Wildman–Crippen MR) is 157 cm³/mol. The van der Waals surface area contributed by atoms with Gasteiger partial charge in [0.2, 0.25) is 0 Å². The SMILES string of the molecule is O=C(C[N+]12CCC(CC1)C(OC(=O)C1(c3ccccc3I)CCCCCC1)C2I)Nc1ccc(F)cn1.[Cl-]. The molecular formula is C28H33ClFI2N3O3. The third-order valence-electron chi connectivity index (χ3n) is 8.58. The van der Waals surface area contributed by atoms with Gasteiger partial charge in [-0.3, -0.25) is 9.59 Å². The van der Waals surface area contributed by atoms with Crippen molar-refractivity contribution in [1.29, 1.82) is 0 Å². The number of amides is 1. The van der Waals surface area contributed by atoms with Crippen LogP contribution in [0.4, 0.5) is 10.2 Å². The first kappa shape index (κ1) is 29.9. The van der Waals surface area contributed by atoms with Gasteiger partial charge in [-0.2, -0.15) is 0 Å². The fraction of sp³-hybridized carbons (Fsp3) is 0.536. The summed E-state index contributed by atoms with van der Waals surface area (Å²) in [5, 5.41) is 2.82. The lowest BCUT2D eigenvalue weighted by molar-refractivity contribution is -0.944. The second kappa shape index (κ2) is 12.6. The highest BCUT2D eigenvalue weighted by molar-refractivity contribution is 14.1. The molecule has 1 amide bonds. The topological polar surface area (TPSA) is 68.3 Å². The van der Waals surface area contributed by atoms with E-state index in [1.165, 1.54) is 12.1 Å². The summed E-state index contributed by atoms with van der Waals surface area (Å²) in [5.41, 5.74) is 0.497. The minimum atomic E-state index is -0.604. The van der Waals surface area contributed by atoms with Crippen LogP contribution in [0, 0.1) is 15.3 Å². The minimum absolute atomic E-state index is 0. The third kappa shape index (κ3) is 6.00. The zero-order valence-corrected chi connectivity index (χ0v) is 26.3. The van der Waals surface area contributed by atoms with Crippen LogP contribution in [-0.4, -0.2) is 51.1 Å². The summed E-state index contributed by atoms with van der Waals surface area (Å²) < 4.78 is 21.5. The number of esters is 1. The number of anilines is 1. The van der Waals surface area contributed by atoms with Crippen molar-refractivity contribution >= 4 is 62.9 Å². The number of pyridine rings is 1. The van der Waals surface area contributed by atoms with Gasteiger partial charge in [-0.15, -0.1) is 0 Å². The van der Waals surface area contributed by atoms with E-state index in [2.05, 4.69) is 67.6 Å². The molecule has 1 saturated carbocycles. The third-order valence-corrected chi connectivity index (χ3v) is 11.4. The fourth-order valence-electron chi connectivity index (χ4n) is 6.53. The van der Waals surface area contributed by atoms with Crippen LogP contribution in [-0.2, 0) is 19.7 Å². The number of nitrogens with one attached hydrogen (secondary N) is 1. The lowest BCUT2D eigenvalue weighted by Crippen LogP contribution is -3.00. The van der Waals surface area contributed by atoms with Crippen LogP contribution in [0.3, 0.4) is 0 Å². The standard InChI is InChI=1S/C28H32FI2N3O3.ClH/c29-20-9-10-23(32-17-20)33-24(35)18-34-15-11-19(12-16-34)25(26(34)31)37-27(36)28(13-5-1-2-6-14-28)21-7-3-4-8-22(21)30;/h3-4,7-10,17,19,25-26H,1-2,5-6,11-16,18H2;1H. The summed E-state index contributed by atoms with van der Waals surface area (Å²) in [6.07, 6.45) is 8.76. The number of alkyl halides is 1. The van der Waals surface area contributed by atoms with Crippen LogP contribution in [0.5, 0.6) is 0 Å². The van der Waals surface area contributed by atoms with Gasteiger partial charge in [-0.1, -0.05) is 43.9 Å². The molecule has 2 aromatic rings. The maximum absolute atomic E-state index is 14.2. The summed E-state index contributed by atoms with van der Waals surface area (Å²) in [5.74, 6) is -0.00323. The first-order valence-corrected chi connectivity index (χ1v) is 15.5.